The summed E-state index contributed by atoms with van der Waals surface area (Å²) in [5.41, 5.74) is 1.79. The van der Waals surface area contributed by atoms with E-state index in [9.17, 15) is 18.4 Å². The molecule has 4 rings (SSSR count). The molecule has 0 atom stereocenters. The quantitative estimate of drug-likeness (QED) is 0.670. The number of carbonyl (C=O) groups excluding carboxylic acids is 2. The number of halogens is 2. The first-order chi connectivity index (χ1) is 14.0. The Balaban J connectivity index is 1.44. The van der Waals surface area contributed by atoms with Crippen molar-refractivity contribution < 1.29 is 18.4 Å². The first kappa shape index (κ1) is 18.7. The van der Waals surface area contributed by atoms with Crippen molar-refractivity contribution in [1.82, 2.24) is 20.3 Å². The van der Waals surface area contributed by atoms with Gasteiger partial charge in [0.15, 0.2) is 17.3 Å². The van der Waals surface area contributed by atoms with Crippen molar-refractivity contribution in [3.63, 3.8) is 0 Å². The predicted molar refractivity (Wildman–Crippen MR) is 101 cm³/mol. The lowest BCUT2D eigenvalue weighted by molar-refractivity contribution is -0.115. The zero-order valence-electron chi connectivity index (χ0n) is 15.2. The van der Waals surface area contributed by atoms with E-state index in [1.54, 1.807) is 4.68 Å². The molecule has 0 spiro atoms. The van der Waals surface area contributed by atoms with Crippen LogP contribution in [0, 0.1) is 11.6 Å². The lowest BCUT2D eigenvalue weighted by atomic mass is 10.2. The number of aromatic nitrogens is 3. The minimum absolute atomic E-state index is 0.0943. The van der Waals surface area contributed by atoms with E-state index in [0.717, 1.165) is 36.4 Å². The van der Waals surface area contributed by atoms with Gasteiger partial charge in [-0.1, -0.05) is 23.4 Å². The lowest BCUT2D eigenvalue weighted by Gasteiger charge is -2.08. The Morgan fingerprint density at radius 3 is 2.52 bits per heavy atom. The third kappa shape index (κ3) is 4.13. The average molecular weight is 397 g/mol. The maximum Gasteiger partial charge on any atom is 0.274 e. The minimum atomic E-state index is -1.07. The highest BCUT2D eigenvalue weighted by Crippen LogP contribution is 2.41. The smallest absolute Gasteiger partial charge is 0.274 e. The number of para-hydroxylation sites is 1. The van der Waals surface area contributed by atoms with Gasteiger partial charge in [0.2, 0.25) is 5.91 Å². The normalized spacial score (nSPS) is 13.2. The topological polar surface area (TPSA) is 88.9 Å². The Bertz CT molecular complexity index is 1060. The Kier molecular flexibility index (Phi) is 5.03. The molecule has 0 bridgehead atoms. The maximum atomic E-state index is 13.2. The molecule has 3 aromatic rings. The molecular weight excluding hydrogens is 380 g/mol. The highest BCUT2D eigenvalue weighted by atomic mass is 19.2. The molecule has 2 aromatic carbocycles. The largest absolute Gasteiger partial charge is 0.342 e. The Morgan fingerprint density at radius 1 is 1.07 bits per heavy atom. The van der Waals surface area contributed by atoms with Gasteiger partial charge in [-0.05, 0) is 37.1 Å². The monoisotopic (exact) mass is 397 g/mol. The SMILES string of the molecule is O=C(CNC(=O)c1nnn(-c2ccccc2)c1C1CC1)Nc1ccc(F)c(F)c1. The van der Waals surface area contributed by atoms with Crippen molar-refractivity contribution >= 4 is 17.5 Å². The van der Waals surface area contributed by atoms with Crippen LogP contribution in [0.2, 0.25) is 0 Å². The molecular formula is C20H17F2N5O2. The van der Waals surface area contributed by atoms with Gasteiger partial charge in [0.25, 0.3) is 5.91 Å². The number of rotatable bonds is 6. The van der Waals surface area contributed by atoms with E-state index in [-0.39, 0.29) is 23.8 Å². The summed E-state index contributed by atoms with van der Waals surface area (Å²) < 4.78 is 27.8. The number of nitrogens with one attached hydrogen (secondary N) is 2. The van der Waals surface area contributed by atoms with Crippen LogP contribution in [0.3, 0.4) is 0 Å². The summed E-state index contributed by atoms with van der Waals surface area (Å²) >= 11 is 0. The van der Waals surface area contributed by atoms with Gasteiger partial charge in [0.1, 0.15) is 0 Å². The van der Waals surface area contributed by atoms with Gasteiger partial charge in [-0.25, -0.2) is 13.5 Å². The van der Waals surface area contributed by atoms with Crippen LogP contribution in [0.4, 0.5) is 14.5 Å². The number of benzene rings is 2. The van der Waals surface area contributed by atoms with E-state index < -0.39 is 23.4 Å². The zero-order chi connectivity index (χ0) is 20.4. The van der Waals surface area contributed by atoms with Gasteiger partial charge < -0.3 is 10.6 Å². The van der Waals surface area contributed by atoms with E-state index in [1.807, 2.05) is 30.3 Å². The van der Waals surface area contributed by atoms with Crippen LogP contribution >= 0.6 is 0 Å². The molecule has 1 fully saturated rings. The van der Waals surface area contributed by atoms with Crippen LogP contribution in [0.15, 0.2) is 48.5 Å². The summed E-state index contributed by atoms with van der Waals surface area (Å²) in [6, 6.07) is 12.4. The highest BCUT2D eigenvalue weighted by Gasteiger charge is 2.34. The van der Waals surface area contributed by atoms with E-state index in [4.69, 9.17) is 0 Å². The molecule has 1 heterocycles. The summed E-state index contributed by atoms with van der Waals surface area (Å²) in [5, 5.41) is 13.0. The number of nitrogens with zero attached hydrogens (tertiary/aromatic N) is 3. The number of anilines is 1. The second-order valence-corrected chi connectivity index (χ2v) is 6.70. The van der Waals surface area contributed by atoms with E-state index in [2.05, 4.69) is 20.9 Å². The van der Waals surface area contributed by atoms with Crippen LogP contribution in [0.1, 0.15) is 34.9 Å². The maximum absolute atomic E-state index is 13.2. The van der Waals surface area contributed by atoms with Crippen molar-refractivity contribution in [3.05, 3.63) is 71.6 Å². The molecule has 1 aliphatic rings. The Labute approximate surface area is 164 Å². The number of hydrogen-bond donors (Lipinski definition) is 2. The molecule has 0 aliphatic heterocycles. The lowest BCUT2D eigenvalue weighted by Crippen LogP contribution is -2.33. The summed E-state index contributed by atoms with van der Waals surface area (Å²) in [6.07, 6.45) is 1.88. The second kappa shape index (κ2) is 7.78. The fourth-order valence-corrected chi connectivity index (χ4v) is 2.96. The van der Waals surface area contributed by atoms with Gasteiger partial charge in [-0.2, -0.15) is 0 Å². The standard InChI is InChI=1S/C20H17F2N5O2/c21-15-9-8-13(10-16(15)22)24-17(28)11-23-20(29)18-19(12-6-7-12)27(26-25-18)14-4-2-1-3-5-14/h1-5,8-10,12H,6-7,11H2,(H,23,29)(H,24,28). The molecule has 29 heavy (non-hydrogen) atoms. The first-order valence-electron chi connectivity index (χ1n) is 9.07. The van der Waals surface area contributed by atoms with Crippen LogP contribution in [-0.2, 0) is 4.79 Å². The fraction of sp³-hybridized carbons (Fsp3) is 0.200. The molecule has 2 N–H and O–H groups in total. The van der Waals surface area contributed by atoms with Gasteiger partial charge in [0.05, 0.1) is 17.9 Å². The molecule has 2 amide bonds. The van der Waals surface area contributed by atoms with Crippen molar-refractivity contribution in [1.29, 1.82) is 0 Å². The minimum Gasteiger partial charge on any atom is -0.342 e. The second-order valence-electron chi connectivity index (χ2n) is 6.70. The summed E-state index contributed by atoms with van der Waals surface area (Å²) in [5.74, 6) is -2.98. The average Bonchev–Trinajstić information content (AvgIpc) is 3.47. The van der Waals surface area contributed by atoms with Crippen LogP contribution < -0.4 is 10.6 Å². The fourth-order valence-electron chi connectivity index (χ4n) is 2.96. The van der Waals surface area contributed by atoms with E-state index in [0.29, 0.717) is 0 Å². The molecule has 0 radical (unpaired) electrons. The van der Waals surface area contributed by atoms with Crippen LogP contribution in [-0.4, -0.2) is 33.4 Å². The van der Waals surface area contributed by atoms with Gasteiger partial charge >= 0.3 is 0 Å². The zero-order valence-corrected chi connectivity index (χ0v) is 15.2. The van der Waals surface area contributed by atoms with Crippen LogP contribution in [0.5, 0.6) is 0 Å². The first-order valence-corrected chi connectivity index (χ1v) is 9.07. The Hall–Kier alpha value is -3.62. The van der Waals surface area contributed by atoms with Gasteiger partial charge in [0, 0.05) is 17.7 Å². The molecule has 1 aliphatic carbocycles. The summed E-state index contributed by atoms with van der Waals surface area (Å²) in [4.78, 5) is 24.6. The Morgan fingerprint density at radius 2 is 1.83 bits per heavy atom. The van der Waals surface area contributed by atoms with Crippen molar-refractivity contribution in [2.45, 2.75) is 18.8 Å². The molecule has 0 saturated heterocycles. The number of hydrogen-bond acceptors (Lipinski definition) is 4. The third-order valence-corrected chi connectivity index (χ3v) is 4.50. The van der Waals surface area contributed by atoms with Gasteiger partial charge in [-0.15, -0.1) is 5.10 Å². The molecule has 7 nitrogen and oxygen atoms in total. The summed E-state index contributed by atoms with van der Waals surface area (Å²) in [6.45, 7) is -0.347. The number of amides is 2. The predicted octanol–water partition coefficient (Wildman–Crippen LogP) is 2.79. The highest BCUT2D eigenvalue weighted by molar-refractivity contribution is 5.99. The molecule has 1 saturated carbocycles. The molecule has 9 heteroatoms. The van der Waals surface area contributed by atoms with Gasteiger partial charge in [-0.3, -0.25) is 9.59 Å². The van der Waals surface area contributed by atoms with Crippen molar-refractivity contribution in [3.8, 4) is 5.69 Å². The van der Waals surface area contributed by atoms with E-state index in [1.165, 1.54) is 6.07 Å². The molecule has 148 valence electrons. The molecule has 0 unspecified atom stereocenters. The summed E-state index contributed by atoms with van der Waals surface area (Å²) in [7, 11) is 0. The third-order valence-electron chi connectivity index (χ3n) is 4.50. The van der Waals surface area contributed by atoms with Crippen molar-refractivity contribution in [2.75, 3.05) is 11.9 Å². The van der Waals surface area contributed by atoms with Crippen molar-refractivity contribution in [2.24, 2.45) is 0 Å². The number of carbonyl (C=O) groups is 2. The van der Waals surface area contributed by atoms with Crippen LogP contribution in [0.25, 0.3) is 5.69 Å². The molecule has 1 aromatic heterocycles. The van der Waals surface area contributed by atoms with E-state index >= 15 is 0 Å².